The van der Waals surface area contributed by atoms with Gasteiger partial charge in [0.1, 0.15) is 0 Å². The minimum Gasteiger partial charge on any atom is -0.408 e. The fourth-order valence-corrected chi connectivity index (χ4v) is 2.03. The number of fused-ring (bicyclic) bond motifs is 1. The monoisotopic (exact) mass is 234 g/mol. The molecule has 0 amide bonds. The highest BCUT2D eigenvalue weighted by molar-refractivity contribution is 5.73. The third-order valence-electron chi connectivity index (χ3n) is 2.97. The number of nitrogens with zero attached hydrogens (tertiary/aromatic N) is 1. The Labute approximate surface area is 100 Å². The Morgan fingerprint density at radius 1 is 1.41 bits per heavy atom. The van der Waals surface area contributed by atoms with Gasteiger partial charge >= 0.3 is 5.76 Å². The van der Waals surface area contributed by atoms with Crippen LogP contribution in [0.25, 0.3) is 11.1 Å². The summed E-state index contributed by atoms with van der Waals surface area (Å²) in [6, 6.07) is 5.70. The quantitative estimate of drug-likeness (QED) is 0.885. The molecule has 1 aromatic carbocycles. The molecule has 2 rings (SSSR count). The number of rotatable bonds is 3. The van der Waals surface area contributed by atoms with Crippen LogP contribution in [-0.2, 0) is 7.05 Å². The van der Waals surface area contributed by atoms with Crippen LogP contribution in [0.5, 0.6) is 0 Å². The third-order valence-corrected chi connectivity index (χ3v) is 2.97. The van der Waals surface area contributed by atoms with Crippen molar-refractivity contribution in [2.45, 2.75) is 26.3 Å². The second-order valence-corrected chi connectivity index (χ2v) is 4.89. The van der Waals surface area contributed by atoms with Gasteiger partial charge in [0.15, 0.2) is 5.58 Å². The van der Waals surface area contributed by atoms with Crippen molar-refractivity contribution in [2.24, 2.45) is 18.7 Å². The van der Waals surface area contributed by atoms with Crippen molar-refractivity contribution in [1.82, 2.24) is 4.57 Å². The molecule has 4 nitrogen and oxygen atoms in total. The van der Waals surface area contributed by atoms with Crippen molar-refractivity contribution in [3.05, 3.63) is 34.3 Å². The summed E-state index contributed by atoms with van der Waals surface area (Å²) >= 11 is 0. The fourth-order valence-electron chi connectivity index (χ4n) is 2.03. The van der Waals surface area contributed by atoms with Crippen molar-refractivity contribution >= 4 is 11.1 Å². The predicted octanol–water partition coefficient (Wildman–Crippen LogP) is 2.18. The van der Waals surface area contributed by atoms with E-state index in [0.717, 1.165) is 17.5 Å². The van der Waals surface area contributed by atoms with Crippen LogP contribution < -0.4 is 11.5 Å². The lowest BCUT2D eigenvalue weighted by atomic mass is 9.98. The molecule has 17 heavy (non-hydrogen) atoms. The van der Waals surface area contributed by atoms with E-state index in [1.54, 1.807) is 7.05 Å². The second kappa shape index (κ2) is 4.37. The Morgan fingerprint density at radius 3 is 2.76 bits per heavy atom. The average molecular weight is 234 g/mol. The zero-order valence-corrected chi connectivity index (χ0v) is 10.4. The van der Waals surface area contributed by atoms with E-state index in [1.165, 1.54) is 4.57 Å². The van der Waals surface area contributed by atoms with Crippen LogP contribution in [0.15, 0.2) is 27.4 Å². The Kier molecular flexibility index (Phi) is 3.07. The van der Waals surface area contributed by atoms with E-state index in [4.69, 9.17) is 10.2 Å². The molecule has 1 aromatic heterocycles. The molecule has 0 radical (unpaired) electrons. The van der Waals surface area contributed by atoms with Crippen molar-refractivity contribution in [1.29, 1.82) is 0 Å². The maximum absolute atomic E-state index is 11.4. The lowest BCUT2D eigenvalue weighted by Gasteiger charge is -2.14. The molecule has 0 aliphatic rings. The van der Waals surface area contributed by atoms with Crippen molar-refractivity contribution in [3.8, 4) is 0 Å². The summed E-state index contributed by atoms with van der Waals surface area (Å²) in [5.41, 5.74) is 8.53. The van der Waals surface area contributed by atoms with E-state index in [9.17, 15) is 4.79 Å². The molecular weight excluding hydrogens is 216 g/mol. The topological polar surface area (TPSA) is 61.2 Å². The molecule has 1 unspecified atom stereocenters. The standard InChI is InChI=1S/C13H18N2O2/c1-8(2)6-10(14)9-4-5-11-12(7-9)17-13(16)15(11)3/h4-5,7-8,10H,6,14H2,1-3H3. The number of nitrogens with two attached hydrogens (primary N) is 1. The summed E-state index contributed by atoms with van der Waals surface area (Å²) < 4.78 is 6.64. The second-order valence-electron chi connectivity index (χ2n) is 4.89. The van der Waals surface area contributed by atoms with Crippen LogP contribution in [0.4, 0.5) is 0 Å². The van der Waals surface area contributed by atoms with Gasteiger partial charge in [-0.2, -0.15) is 0 Å². The fraction of sp³-hybridized carbons (Fsp3) is 0.462. The van der Waals surface area contributed by atoms with Crippen molar-refractivity contribution in [3.63, 3.8) is 0 Å². The van der Waals surface area contributed by atoms with Gasteiger partial charge in [-0.1, -0.05) is 19.9 Å². The molecule has 1 heterocycles. The minimum atomic E-state index is -0.338. The van der Waals surface area contributed by atoms with Crippen molar-refractivity contribution < 1.29 is 4.42 Å². The Hall–Kier alpha value is -1.55. The summed E-state index contributed by atoms with van der Waals surface area (Å²) in [5.74, 6) is 0.207. The number of aromatic nitrogens is 1. The number of benzene rings is 1. The molecule has 0 spiro atoms. The van der Waals surface area contributed by atoms with Crippen LogP contribution in [-0.4, -0.2) is 4.57 Å². The van der Waals surface area contributed by atoms with Gasteiger partial charge in [0, 0.05) is 13.1 Å². The zero-order valence-electron chi connectivity index (χ0n) is 10.4. The highest BCUT2D eigenvalue weighted by Gasteiger charge is 2.12. The SMILES string of the molecule is CC(C)CC(N)c1ccc2c(c1)oc(=O)n2C. The molecular formula is C13H18N2O2. The van der Waals surface area contributed by atoms with Gasteiger partial charge in [0.2, 0.25) is 0 Å². The van der Waals surface area contributed by atoms with Gasteiger partial charge in [-0.05, 0) is 30.0 Å². The molecule has 4 heteroatoms. The van der Waals surface area contributed by atoms with E-state index < -0.39 is 0 Å². The van der Waals surface area contributed by atoms with Gasteiger partial charge in [-0.15, -0.1) is 0 Å². The highest BCUT2D eigenvalue weighted by Crippen LogP contribution is 2.22. The van der Waals surface area contributed by atoms with E-state index >= 15 is 0 Å². The highest BCUT2D eigenvalue weighted by atomic mass is 16.4. The maximum Gasteiger partial charge on any atom is 0.419 e. The number of hydrogen-bond donors (Lipinski definition) is 1. The number of aryl methyl sites for hydroxylation is 1. The van der Waals surface area contributed by atoms with Gasteiger partial charge in [0.05, 0.1) is 5.52 Å². The Morgan fingerprint density at radius 2 is 2.12 bits per heavy atom. The first-order valence-electron chi connectivity index (χ1n) is 5.84. The van der Waals surface area contributed by atoms with E-state index in [0.29, 0.717) is 11.5 Å². The summed E-state index contributed by atoms with van der Waals surface area (Å²) in [5, 5.41) is 0. The number of hydrogen-bond acceptors (Lipinski definition) is 3. The number of oxazole rings is 1. The summed E-state index contributed by atoms with van der Waals surface area (Å²) in [4.78, 5) is 11.4. The molecule has 0 saturated carbocycles. The van der Waals surface area contributed by atoms with Crippen molar-refractivity contribution in [2.75, 3.05) is 0 Å². The van der Waals surface area contributed by atoms with Gasteiger partial charge < -0.3 is 10.2 Å². The Balaban J connectivity index is 2.41. The van der Waals surface area contributed by atoms with E-state index in [2.05, 4.69) is 13.8 Å². The molecule has 0 aliphatic carbocycles. The first kappa shape index (κ1) is 11.9. The summed E-state index contributed by atoms with van der Waals surface area (Å²) in [6.45, 7) is 4.28. The van der Waals surface area contributed by atoms with Gasteiger partial charge in [-0.25, -0.2) is 4.79 Å². The van der Waals surface area contributed by atoms with Crippen LogP contribution in [0.1, 0.15) is 31.9 Å². The van der Waals surface area contributed by atoms with Crippen LogP contribution in [0.3, 0.4) is 0 Å². The lowest BCUT2D eigenvalue weighted by molar-refractivity contribution is 0.507. The largest absolute Gasteiger partial charge is 0.419 e. The van der Waals surface area contributed by atoms with E-state index in [1.807, 2.05) is 18.2 Å². The molecule has 1 atom stereocenters. The van der Waals surface area contributed by atoms with Crippen LogP contribution in [0.2, 0.25) is 0 Å². The normalized spacial score (nSPS) is 13.5. The average Bonchev–Trinajstić information content (AvgIpc) is 2.53. The van der Waals surface area contributed by atoms with Crippen LogP contribution in [0, 0.1) is 5.92 Å². The molecule has 0 aliphatic heterocycles. The molecule has 0 saturated heterocycles. The predicted molar refractivity (Wildman–Crippen MR) is 67.8 cm³/mol. The van der Waals surface area contributed by atoms with Gasteiger partial charge in [0.25, 0.3) is 0 Å². The molecule has 92 valence electrons. The molecule has 0 fully saturated rings. The maximum atomic E-state index is 11.4. The molecule has 0 bridgehead atoms. The lowest BCUT2D eigenvalue weighted by Crippen LogP contribution is -2.12. The first-order valence-corrected chi connectivity index (χ1v) is 5.84. The Bertz CT molecular complexity index is 581. The molecule has 2 N–H and O–H groups in total. The van der Waals surface area contributed by atoms with E-state index in [-0.39, 0.29) is 11.8 Å². The van der Waals surface area contributed by atoms with Gasteiger partial charge in [-0.3, -0.25) is 4.57 Å². The van der Waals surface area contributed by atoms with Crippen LogP contribution >= 0.6 is 0 Å². The summed E-state index contributed by atoms with van der Waals surface area (Å²) in [6.07, 6.45) is 0.919. The molecule has 2 aromatic rings. The minimum absolute atomic E-state index is 0.00934. The smallest absolute Gasteiger partial charge is 0.408 e. The third kappa shape index (κ3) is 2.26. The summed E-state index contributed by atoms with van der Waals surface area (Å²) in [7, 11) is 1.70. The zero-order chi connectivity index (χ0) is 12.6. The first-order chi connectivity index (χ1) is 7.99.